The summed E-state index contributed by atoms with van der Waals surface area (Å²) in [5, 5.41) is 8.73. The summed E-state index contributed by atoms with van der Waals surface area (Å²) in [4.78, 5) is 0. The Morgan fingerprint density at radius 3 is 2.21 bits per heavy atom. The van der Waals surface area contributed by atoms with E-state index >= 15 is 0 Å². The van der Waals surface area contributed by atoms with Crippen LogP contribution in [0.1, 0.15) is 11.1 Å². The van der Waals surface area contributed by atoms with E-state index in [0.29, 0.717) is 11.1 Å². The van der Waals surface area contributed by atoms with Gasteiger partial charge in [-0.05, 0) is 47.9 Å². The minimum Gasteiger partial charge on any atom is -0.435 e. The number of aryl methyl sites for hydroxylation is 1. The molecule has 0 aliphatic heterocycles. The quantitative estimate of drug-likeness (QED) is 0.830. The van der Waals surface area contributed by atoms with Crippen molar-refractivity contribution in [2.24, 2.45) is 0 Å². The van der Waals surface area contributed by atoms with Gasteiger partial charge in [0.25, 0.3) is 0 Å². The fourth-order valence-corrected chi connectivity index (χ4v) is 1.79. The molecule has 2 rings (SSSR count). The lowest BCUT2D eigenvalue weighted by Crippen LogP contribution is -2.03. The van der Waals surface area contributed by atoms with Crippen LogP contribution < -0.4 is 4.74 Å². The van der Waals surface area contributed by atoms with E-state index in [1.165, 1.54) is 6.07 Å². The molecule has 96 valence electrons. The van der Waals surface area contributed by atoms with E-state index in [1.807, 2.05) is 18.2 Å². The number of alkyl halides is 2. The molecule has 0 spiro atoms. The third-order valence-electron chi connectivity index (χ3n) is 2.74. The molecular formula is C15H11F2NO. The molecule has 0 saturated carbocycles. The maximum absolute atomic E-state index is 12.2. The Hall–Kier alpha value is -2.41. The molecule has 19 heavy (non-hydrogen) atoms. The van der Waals surface area contributed by atoms with E-state index in [0.717, 1.165) is 11.1 Å². The zero-order valence-corrected chi connectivity index (χ0v) is 10.2. The van der Waals surface area contributed by atoms with Gasteiger partial charge in [-0.15, -0.1) is 0 Å². The summed E-state index contributed by atoms with van der Waals surface area (Å²) in [6, 6.07) is 14.1. The number of nitriles is 1. The van der Waals surface area contributed by atoms with E-state index in [2.05, 4.69) is 4.74 Å². The Labute approximate surface area is 109 Å². The van der Waals surface area contributed by atoms with Crippen LogP contribution in [-0.4, -0.2) is 6.61 Å². The largest absolute Gasteiger partial charge is 0.435 e. The summed E-state index contributed by atoms with van der Waals surface area (Å²) in [5.74, 6) is 0.174. The maximum Gasteiger partial charge on any atom is 0.387 e. The van der Waals surface area contributed by atoms with Gasteiger partial charge in [0, 0.05) is 0 Å². The fraction of sp³-hybridized carbons (Fsp3) is 0.133. The van der Waals surface area contributed by atoms with Crippen LogP contribution in [0.2, 0.25) is 0 Å². The average molecular weight is 259 g/mol. The molecule has 0 heterocycles. The van der Waals surface area contributed by atoms with Crippen LogP contribution in [0.4, 0.5) is 8.78 Å². The predicted octanol–water partition coefficient (Wildman–Crippen LogP) is 4.14. The number of halogens is 2. The summed E-state index contributed by atoms with van der Waals surface area (Å²) < 4.78 is 28.7. The van der Waals surface area contributed by atoms with Crippen LogP contribution in [0.5, 0.6) is 5.75 Å². The lowest BCUT2D eigenvalue weighted by molar-refractivity contribution is -0.0502. The molecule has 0 N–H and O–H groups in total. The third kappa shape index (κ3) is 3.08. The van der Waals surface area contributed by atoms with Gasteiger partial charge < -0.3 is 4.74 Å². The van der Waals surface area contributed by atoms with Crippen LogP contribution in [-0.2, 0) is 0 Å². The Morgan fingerprint density at radius 1 is 1.05 bits per heavy atom. The van der Waals surface area contributed by atoms with Crippen molar-refractivity contribution in [2.75, 3.05) is 0 Å². The smallest absolute Gasteiger partial charge is 0.387 e. The number of ether oxygens (including phenoxy) is 1. The lowest BCUT2D eigenvalue weighted by Gasteiger charge is -2.09. The molecule has 0 saturated heterocycles. The highest BCUT2D eigenvalue weighted by Crippen LogP contribution is 2.27. The second kappa shape index (κ2) is 5.49. The van der Waals surface area contributed by atoms with E-state index in [-0.39, 0.29) is 5.75 Å². The van der Waals surface area contributed by atoms with Crippen molar-refractivity contribution < 1.29 is 13.5 Å². The van der Waals surface area contributed by atoms with Crippen LogP contribution in [0.15, 0.2) is 42.5 Å². The molecule has 2 nitrogen and oxygen atoms in total. The first-order valence-electron chi connectivity index (χ1n) is 5.66. The van der Waals surface area contributed by atoms with E-state index in [9.17, 15) is 8.78 Å². The van der Waals surface area contributed by atoms with Crippen molar-refractivity contribution in [1.29, 1.82) is 5.26 Å². The SMILES string of the molecule is Cc1cc(-c2ccc(C#N)cc2)ccc1OC(F)F. The second-order valence-corrected chi connectivity index (χ2v) is 4.05. The average Bonchev–Trinajstić information content (AvgIpc) is 2.41. The van der Waals surface area contributed by atoms with Gasteiger partial charge in [-0.1, -0.05) is 18.2 Å². The topological polar surface area (TPSA) is 33.0 Å². The van der Waals surface area contributed by atoms with Crippen LogP contribution in [0, 0.1) is 18.3 Å². The van der Waals surface area contributed by atoms with Crippen molar-refractivity contribution in [2.45, 2.75) is 13.5 Å². The Morgan fingerprint density at radius 2 is 1.68 bits per heavy atom. The summed E-state index contributed by atoms with van der Waals surface area (Å²) in [5.41, 5.74) is 3.04. The first kappa shape index (κ1) is 13.0. The van der Waals surface area contributed by atoms with Gasteiger partial charge in [-0.25, -0.2) is 0 Å². The van der Waals surface area contributed by atoms with Crippen molar-refractivity contribution in [3.8, 4) is 22.9 Å². The molecule has 0 aliphatic rings. The summed E-state index contributed by atoms with van der Waals surface area (Å²) >= 11 is 0. The first-order chi connectivity index (χ1) is 9.10. The van der Waals surface area contributed by atoms with Crippen molar-refractivity contribution in [3.05, 3.63) is 53.6 Å². The molecule has 0 aliphatic carbocycles. The highest BCUT2D eigenvalue weighted by Gasteiger charge is 2.08. The molecule has 2 aromatic rings. The lowest BCUT2D eigenvalue weighted by atomic mass is 10.0. The number of hydrogen-bond donors (Lipinski definition) is 0. The van der Waals surface area contributed by atoms with Crippen molar-refractivity contribution in [1.82, 2.24) is 0 Å². The molecule has 0 unspecified atom stereocenters. The molecular weight excluding hydrogens is 248 g/mol. The third-order valence-corrected chi connectivity index (χ3v) is 2.74. The van der Waals surface area contributed by atoms with E-state index < -0.39 is 6.61 Å². The molecule has 0 radical (unpaired) electrons. The minimum absolute atomic E-state index is 0.174. The van der Waals surface area contributed by atoms with E-state index in [4.69, 9.17) is 5.26 Å². The Balaban J connectivity index is 2.30. The number of rotatable bonds is 3. The summed E-state index contributed by atoms with van der Waals surface area (Å²) in [6.45, 7) is -1.11. The maximum atomic E-state index is 12.2. The summed E-state index contributed by atoms with van der Waals surface area (Å²) in [7, 11) is 0. The summed E-state index contributed by atoms with van der Waals surface area (Å²) in [6.07, 6.45) is 0. The highest BCUT2D eigenvalue weighted by molar-refractivity contribution is 5.66. The zero-order valence-electron chi connectivity index (χ0n) is 10.2. The molecule has 0 aromatic heterocycles. The van der Waals surface area contributed by atoms with Crippen molar-refractivity contribution in [3.63, 3.8) is 0 Å². The van der Waals surface area contributed by atoms with Gasteiger partial charge in [0.05, 0.1) is 11.6 Å². The second-order valence-electron chi connectivity index (χ2n) is 4.05. The molecule has 4 heteroatoms. The number of nitrogens with zero attached hydrogens (tertiary/aromatic N) is 1. The van der Waals surface area contributed by atoms with Gasteiger partial charge in [0.2, 0.25) is 0 Å². The minimum atomic E-state index is -2.82. The normalized spacial score (nSPS) is 10.3. The van der Waals surface area contributed by atoms with Gasteiger partial charge in [0.15, 0.2) is 0 Å². The monoisotopic (exact) mass is 259 g/mol. The fourth-order valence-electron chi connectivity index (χ4n) is 1.79. The first-order valence-corrected chi connectivity index (χ1v) is 5.66. The van der Waals surface area contributed by atoms with Gasteiger partial charge >= 0.3 is 6.61 Å². The van der Waals surface area contributed by atoms with Crippen LogP contribution in [0.25, 0.3) is 11.1 Å². The highest BCUT2D eigenvalue weighted by atomic mass is 19.3. The van der Waals surface area contributed by atoms with Gasteiger partial charge in [-0.2, -0.15) is 14.0 Å². The van der Waals surface area contributed by atoms with Crippen LogP contribution >= 0.6 is 0 Å². The van der Waals surface area contributed by atoms with Crippen LogP contribution in [0.3, 0.4) is 0 Å². The zero-order chi connectivity index (χ0) is 13.8. The predicted molar refractivity (Wildman–Crippen MR) is 68.0 cm³/mol. The standard InChI is InChI=1S/C15H11F2NO/c1-10-8-13(6-7-14(10)19-15(16)17)12-4-2-11(9-18)3-5-12/h2-8,15H,1H3. The Bertz CT molecular complexity index is 615. The number of benzene rings is 2. The molecule has 0 fully saturated rings. The van der Waals surface area contributed by atoms with Gasteiger partial charge in [0.1, 0.15) is 5.75 Å². The van der Waals surface area contributed by atoms with E-state index in [1.54, 1.807) is 31.2 Å². The van der Waals surface area contributed by atoms with Gasteiger partial charge in [-0.3, -0.25) is 0 Å². The molecule has 0 atom stereocenters. The van der Waals surface area contributed by atoms with Crippen molar-refractivity contribution >= 4 is 0 Å². The number of hydrogen-bond acceptors (Lipinski definition) is 2. The Kier molecular flexibility index (Phi) is 3.76. The molecule has 2 aromatic carbocycles. The molecule has 0 bridgehead atoms. The molecule has 0 amide bonds.